The van der Waals surface area contributed by atoms with Crippen molar-refractivity contribution in [1.29, 1.82) is 0 Å². The van der Waals surface area contributed by atoms with Crippen molar-refractivity contribution in [1.82, 2.24) is 9.55 Å². The molecule has 0 spiro atoms. The molecular weight excluding hydrogens is 246 g/mol. The summed E-state index contributed by atoms with van der Waals surface area (Å²) in [5, 5.41) is 0.0345. The molecule has 0 aliphatic heterocycles. The summed E-state index contributed by atoms with van der Waals surface area (Å²) >= 11 is 5.61. The zero-order valence-corrected chi connectivity index (χ0v) is 10.4. The highest BCUT2D eigenvalue weighted by Crippen LogP contribution is 2.07. The van der Waals surface area contributed by atoms with Gasteiger partial charge in [-0.25, -0.2) is 4.98 Å². The molecule has 0 aromatic carbocycles. The minimum atomic E-state index is -0.342. The summed E-state index contributed by atoms with van der Waals surface area (Å²) in [6.07, 6.45) is 2.19. The van der Waals surface area contributed by atoms with Crippen LogP contribution in [0, 0.1) is 0 Å². The van der Waals surface area contributed by atoms with Gasteiger partial charge in [0, 0.05) is 20.3 Å². The molecule has 1 aromatic heterocycles. The lowest BCUT2D eigenvalue weighted by Crippen LogP contribution is -2.25. The average Bonchev–Trinajstić information content (AvgIpc) is 2.33. The molecule has 0 fully saturated rings. The summed E-state index contributed by atoms with van der Waals surface area (Å²) in [5.41, 5.74) is 5.09. The Morgan fingerprint density at radius 1 is 1.47 bits per heavy atom. The molecule has 6 nitrogen and oxygen atoms in total. The largest absolute Gasteiger partial charge is 0.392 e. The number of anilines is 1. The van der Waals surface area contributed by atoms with E-state index in [-0.39, 0.29) is 16.4 Å². The minimum absolute atomic E-state index is 0.0338. The molecule has 0 atom stereocenters. The van der Waals surface area contributed by atoms with Crippen LogP contribution >= 0.6 is 11.6 Å². The van der Waals surface area contributed by atoms with E-state index in [1.165, 1.54) is 10.9 Å². The molecule has 0 radical (unpaired) electrons. The van der Waals surface area contributed by atoms with E-state index in [1.807, 2.05) is 0 Å². The molecule has 0 saturated heterocycles. The van der Waals surface area contributed by atoms with Crippen LogP contribution in [0.4, 0.5) is 5.69 Å². The van der Waals surface area contributed by atoms with Crippen LogP contribution in [0.25, 0.3) is 0 Å². The van der Waals surface area contributed by atoms with Gasteiger partial charge in [0.2, 0.25) is 0 Å². The van der Waals surface area contributed by atoms with Gasteiger partial charge in [-0.05, 0) is 6.42 Å². The van der Waals surface area contributed by atoms with Gasteiger partial charge in [-0.3, -0.25) is 9.36 Å². The second-order valence-electron chi connectivity index (χ2n) is 3.41. The van der Waals surface area contributed by atoms with Gasteiger partial charge in [0.15, 0.2) is 5.15 Å². The second kappa shape index (κ2) is 7.26. The summed E-state index contributed by atoms with van der Waals surface area (Å²) in [6, 6.07) is 0. The van der Waals surface area contributed by atoms with Gasteiger partial charge in [0.25, 0.3) is 5.56 Å². The van der Waals surface area contributed by atoms with Crippen molar-refractivity contribution in [2.24, 2.45) is 0 Å². The van der Waals surface area contributed by atoms with E-state index in [2.05, 4.69) is 4.98 Å². The first-order chi connectivity index (χ1) is 8.16. The lowest BCUT2D eigenvalue weighted by Gasteiger charge is -2.07. The number of halogens is 1. The van der Waals surface area contributed by atoms with Gasteiger partial charge in [-0.15, -0.1) is 0 Å². The Morgan fingerprint density at radius 2 is 2.24 bits per heavy atom. The van der Waals surface area contributed by atoms with Crippen molar-refractivity contribution in [2.45, 2.75) is 13.0 Å². The number of nitrogen functional groups attached to an aromatic ring is 1. The maximum absolute atomic E-state index is 11.6. The molecule has 17 heavy (non-hydrogen) atoms. The molecular formula is C10H16ClN3O3. The van der Waals surface area contributed by atoms with E-state index in [0.29, 0.717) is 26.4 Å². The highest BCUT2D eigenvalue weighted by Gasteiger charge is 2.05. The number of nitrogens with two attached hydrogens (primary N) is 1. The normalized spacial score (nSPS) is 10.7. The first-order valence-corrected chi connectivity index (χ1v) is 5.61. The lowest BCUT2D eigenvalue weighted by molar-refractivity contribution is 0.0971. The number of hydrogen-bond donors (Lipinski definition) is 1. The summed E-state index contributed by atoms with van der Waals surface area (Å²) in [7, 11) is 1.64. The van der Waals surface area contributed by atoms with Gasteiger partial charge in [-0.1, -0.05) is 11.6 Å². The van der Waals surface area contributed by atoms with Crippen molar-refractivity contribution < 1.29 is 9.47 Å². The van der Waals surface area contributed by atoms with Gasteiger partial charge in [0.05, 0.1) is 19.5 Å². The van der Waals surface area contributed by atoms with Crippen LogP contribution in [0.2, 0.25) is 5.15 Å². The van der Waals surface area contributed by atoms with Crippen LogP contribution in [-0.2, 0) is 16.0 Å². The zero-order valence-electron chi connectivity index (χ0n) is 9.69. The Bertz CT molecular complexity index is 408. The average molecular weight is 262 g/mol. The molecule has 1 rings (SSSR count). The van der Waals surface area contributed by atoms with Crippen molar-refractivity contribution >= 4 is 17.3 Å². The van der Waals surface area contributed by atoms with Crippen LogP contribution in [0.5, 0.6) is 0 Å². The predicted molar refractivity (Wildman–Crippen MR) is 65.2 cm³/mol. The number of aromatic nitrogens is 2. The van der Waals surface area contributed by atoms with E-state index in [1.54, 1.807) is 7.11 Å². The van der Waals surface area contributed by atoms with Gasteiger partial charge in [-0.2, -0.15) is 0 Å². The molecule has 96 valence electrons. The van der Waals surface area contributed by atoms with E-state index in [0.717, 1.165) is 6.42 Å². The molecule has 0 amide bonds. The summed E-state index contributed by atoms with van der Waals surface area (Å²) in [5.74, 6) is 0. The number of rotatable bonds is 7. The second-order valence-corrected chi connectivity index (χ2v) is 3.76. The SMILES string of the molecule is COCCCOCCn1cnc(Cl)c(N)c1=O. The van der Waals surface area contributed by atoms with Crippen LogP contribution in [-0.4, -0.2) is 36.5 Å². The number of nitrogens with zero attached hydrogens (tertiary/aromatic N) is 2. The molecule has 7 heteroatoms. The molecule has 0 aliphatic carbocycles. The summed E-state index contributed by atoms with van der Waals surface area (Å²) in [6.45, 7) is 2.08. The van der Waals surface area contributed by atoms with Crippen molar-refractivity contribution in [3.8, 4) is 0 Å². The first-order valence-electron chi connectivity index (χ1n) is 5.24. The monoisotopic (exact) mass is 261 g/mol. The maximum Gasteiger partial charge on any atom is 0.278 e. The molecule has 0 aliphatic rings. The van der Waals surface area contributed by atoms with Crippen LogP contribution in [0.15, 0.2) is 11.1 Å². The Morgan fingerprint density at radius 3 is 2.94 bits per heavy atom. The number of ether oxygens (including phenoxy) is 2. The Balaban J connectivity index is 2.37. The van der Waals surface area contributed by atoms with E-state index in [4.69, 9.17) is 26.8 Å². The third-order valence-electron chi connectivity index (χ3n) is 2.14. The van der Waals surface area contributed by atoms with E-state index < -0.39 is 0 Å². The van der Waals surface area contributed by atoms with Crippen LogP contribution in [0.3, 0.4) is 0 Å². The number of hydrogen-bond acceptors (Lipinski definition) is 5. The fraction of sp³-hybridized carbons (Fsp3) is 0.600. The molecule has 0 saturated carbocycles. The smallest absolute Gasteiger partial charge is 0.278 e. The van der Waals surface area contributed by atoms with Crippen LogP contribution in [0.1, 0.15) is 6.42 Å². The Labute approximate surface area is 104 Å². The highest BCUT2D eigenvalue weighted by atomic mass is 35.5. The van der Waals surface area contributed by atoms with Gasteiger partial charge < -0.3 is 15.2 Å². The predicted octanol–water partition coefficient (Wildman–Crippen LogP) is 0.532. The van der Waals surface area contributed by atoms with Gasteiger partial charge >= 0.3 is 0 Å². The van der Waals surface area contributed by atoms with Crippen molar-refractivity contribution in [3.05, 3.63) is 21.8 Å². The third kappa shape index (κ3) is 4.33. The van der Waals surface area contributed by atoms with E-state index in [9.17, 15) is 4.79 Å². The lowest BCUT2D eigenvalue weighted by atomic mass is 10.5. The zero-order chi connectivity index (χ0) is 12.7. The molecule has 2 N–H and O–H groups in total. The summed E-state index contributed by atoms with van der Waals surface area (Å²) < 4.78 is 11.6. The maximum atomic E-state index is 11.6. The molecule has 1 heterocycles. The quantitative estimate of drug-likeness (QED) is 0.572. The van der Waals surface area contributed by atoms with Crippen molar-refractivity contribution in [2.75, 3.05) is 32.7 Å². The van der Waals surface area contributed by atoms with E-state index >= 15 is 0 Å². The standard InChI is InChI=1S/C10H16ClN3O3/c1-16-4-2-5-17-6-3-14-7-13-9(11)8(12)10(14)15/h7H,2-6,12H2,1H3. The third-order valence-corrected chi connectivity index (χ3v) is 2.44. The summed E-state index contributed by atoms with van der Waals surface area (Å²) in [4.78, 5) is 15.4. The first kappa shape index (κ1) is 14.0. The Kier molecular flexibility index (Phi) is 5.96. The number of methoxy groups -OCH3 is 1. The minimum Gasteiger partial charge on any atom is -0.392 e. The topological polar surface area (TPSA) is 79.4 Å². The highest BCUT2D eigenvalue weighted by molar-refractivity contribution is 6.31. The Hall–Kier alpha value is -1.11. The van der Waals surface area contributed by atoms with Gasteiger partial charge in [0.1, 0.15) is 5.69 Å². The molecule has 1 aromatic rings. The molecule has 0 bridgehead atoms. The van der Waals surface area contributed by atoms with Crippen LogP contribution < -0.4 is 11.3 Å². The molecule has 0 unspecified atom stereocenters. The van der Waals surface area contributed by atoms with Crippen molar-refractivity contribution in [3.63, 3.8) is 0 Å². The fourth-order valence-corrected chi connectivity index (χ4v) is 1.34. The fourth-order valence-electron chi connectivity index (χ4n) is 1.21.